The molecule has 29 heavy (non-hydrogen) atoms. The Morgan fingerprint density at radius 1 is 1.03 bits per heavy atom. The number of aromatic carboxylic acids is 1. The second-order valence-electron chi connectivity index (χ2n) is 7.53. The molecule has 2 heterocycles. The normalized spacial score (nSPS) is 16.9. The molecule has 6 nitrogen and oxygen atoms in total. The molecule has 152 valence electrons. The number of benzene rings is 2. The minimum absolute atomic E-state index is 0.104. The largest absolute Gasteiger partial charge is 0.478 e. The lowest BCUT2D eigenvalue weighted by molar-refractivity contribution is 0.0681. The number of carbonyl (C=O) groups excluding carboxylic acids is 1. The van der Waals surface area contributed by atoms with Crippen LogP contribution in [0.3, 0.4) is 0 Å². The number of anilines is 1. The molecule has 0 aliphatic carbocycles. The van der Waals surface area contributed by atoms with Gasteiger partial charge in [-0.15, -0.1) is 0 Å². The first-order valence-corrected chi connectivity index (χ1v) is 10.3. The van der Waals surface area contributed by atoms with Crippen molar-refractivity contribution in [2.75, 3.05) is 44.2 Å². The van der Waals surface area contributed by atoms with E-state index in [9.17, 15) is 14.7 Å². The third kappa shape index (κ3) is 4.23. The maximum Gasteiger partial charge on any atom is 0.336 e. The molecular formula is C22H24ClN3O3. The van der Waals surface area contributed by atoms with Crippen LogP contribution in [-0.2, 0) is 6.54 Å². The van der Waals surface area contributed by atoms with Gasteiger partial charge in [0.2, 0.25) is 0 Å². The van der Waals surface area contributed by atoms with E-state index >= 15 is 0 Å². The summed E-state index contributed by atoms with van der Waals surface area (Å²) in [5.41, 5.74) is 2.43. The monoisotopic (exact) mass is 413 g/mol. The van der Waals surface area contributed by atoms with Gasteiger partial charge in [0.1, 0.15) is 0 Å². The van der Waals surface area contributed by atoms with E-state index in [-0.39, 0.29) is 11.5 Å². The zero-order chi connectivity index (χ0) is 20.4. The van der Waals surface area contributed by atoms with Crippen LogP contribution in [0.2, 0.25) is 5.02 Å². The highest BCUT2D eigenvalue weighted by Gasteiger charge is 2.31. The number of nitrogens with zero attached hydrogens (tertiary/aromatic N) is 3. The smallest absolute Gasteiger partial charge is 0.336 e. The van der Waals surface area contributed by atoms with E-state index < -0.39 is 5.97 Å². The standard InChI is InChI=1S/C22H24ClN3O3/c23-17-5-2-6-18(14-17)25-12-10-24(11-13-25)8-3-9-26-15-16-4-1-7-19(22(28)29)20(16)21(26)27/h1-2,4-7,14H,3,8-13,15H2,(H,28,29). The molecule has 0 radical (unpaired) electrons. The third-order valence-electron chi connectivity index (χ3n) is 5.69. The van der Waals surface area contributed by atoms with Crippen molar-refractivity contribution >= 4 is 29.2 Å². The highest BCUT2D eigenvalue weighted by Crippen LogP contribution is 2.26. The first-order valence-electron chi connectivity index (χ1n) is 9.90. The highest BCUT2D eigenvalue weighted by molar-refractivity contribution is 6.30. The summed E-state index contributed by atoms with van der Waals surface area (Å²) in [5, 5.41) is 10.1. The van der Waals surface area contributed by atoms with E-state index in [0.29, 0.717) is 18.7 Å². The van der Waals surface area contributed by atoms with Crippen LogP contribution in [0.5, 0.6) is 0 Å². The summed E-state index contributed by atoms with van der Waals surface area (Å²) < 4.78 is 0. The van der Waals surface area contributed by atoms with Crippen LogP contribution in [0.4, 0.5) is 5.69 Å². The van der Waals surface area contributed by atoms with Crippen LogP contribution in [0, 0.1) is 0 Å². The summed E-state index contributed by atoms with van der Waals surface area (Å²) in [6.07, 6.45) is 0.874. The van der Waals surface area contributed by atoms with E-state index in [1.807, 2.05) is 24.3 Å². The summed E-state index contributed by atoms with van der Waals surface area (Å²) in [7, 11) is 0. The molecule has 0 bridgehead atoms. The summed E-state index contributed by atoms with van der Waals surface area (Å²) in [4.78, 5) is 30.6. The van der Waals surface area contributed by atoms with Crippen molar-refractivity contribution in [1.82, 2.24) is 9.80 Å². The molecule has 0 aromatic heterocycles. The maximum atomic E-state index is 12.7. The lowest BCUT2D eigenvalue weighted by atomic mass is 10.0. The lowest BCUT2D eigenvalue weighted by Gasteiger charge is -2.36. The molecule has 2 aromatic carbocycles. The Kier molecular flexibility index (Phi) is 5.74. The molecular weight excluding hydrogens is 390 g/mol. The molecule has 2 aromatic rings. The number of rotatable bonds is 6. The quantitative estimate of drug-likeness (QED) is 0.787. The molecule has 1 N–H and O–H groups in total. The fourth-order valence-electron chi connectivity index (χ4n) is 4.17. The average Bonchev–Trinajstić information content (AvgIpc) is 3.04. The molecule has 0 saturated carbocycles. The molecule has 4 rings (SSSR count). The third-order valence-corrected chi connectivity index (χ3v) is 5.93. The summed E-state index contributed by atoms with van der Waals surface area (Å²) in [6, 6.07) is 13.0. The van der Waals surface area contributed by atoms with Gasteiger partial charge in [0.15, 0.2) is 0 Å². The number of carboxylic acid groups (broad SMARTS) is 1. The second-order valence-corrected chi connectivity index (χ2v) is 7.97. The van der Waals surface area contributed by atoms with Gasteiger partial charge in [-0.05, 0) is 42.8 Å². The van der Waals surface area contributed by atoms with Gasteiger partial charge in [0.05, 0.1) is 11.1 Å². The Bertz CT molecular complexity index is 925. The van der Waals surface area contributed by atoms with Gasteiger partial charge < -0.3 is 14.9 Å². The van der Waals surface area contributed by atoms with Gasteiger partial charge in [0.25, 0.3) is 5.91 Å². The van der Waals surface area contributed by atoms with Crippen molar-refractivity contribution in [3.63, 3.8) is 0 Å². The predicted octanol–water partition coefficient (Wildman–Crippen LogP) is 3.21. The van der Waals surface area contributed by atoms with E-state index in [2.05, 4.69) is 15.9 Å². The highest BCUT2D eigenvalue weighted by atomic mass is 35.5. The van der Waals surface area contributed by atoms with Crippen LogP contribution >= 0.6 is 11.6 Å². The summed E-state index contributed by atoms with van der Waals surface area (Å²) in [5.74, 6) is -1.21. The van der Waals surface area contributed by atoms with Gasteiger partial charge in [-0.2, -0.15) is 0 Å². The van der Waals surface area contributed by atoms with Gasteiger partial charge in [-0.1, -0.05) is 29.8 Å². The molecule has 0 spiro atoms. The fraction of sp³-hybridized carbons (Fsp3) is 0.364. The van der Waals surface area contributed by atoms with Crippen LogP contribution < -0.4 is 4.90 Å². The summed E-state index contributed by atoms with van der Waals surface area (Å²) in [6.45, 7) is 5.93. The Morgan fingerprint density at radius 2 is 1.79 bits per heavy atom. The van der Waals surface area contributed by atoms with Crippen LogP contribution in [0.1, 0.15) is 32.7 Å². The molecule has 7 heteroatoms. The molecule has 2 aliphatic heterocycles. The Labute approximate surface area is 175 Å². The lowest BCUT2D eigenvalue weighted by Crippen LogP contribution is -2.47. The number of hydrogen-bond acceptors (Lipinski definition) is 4. The molecule has 1 amide bonds. The van der Waals surface area contributed by atoms with Crippen molar-refractivity contribution in [1.29, 1.82) is 0 Å². The number of hydrogen-bond donors (Lipinski definition) is 1. The SMILES string of the molecule is O=C(O)c1cccc2c1C(=O)N(CCCN1CCN(c3cccc(Cl)c3)CC1)C2. The van der Waals surface area contributed by atoms with E-state index in [0.717, 1.165) is 55.4 Å². The van der Waals surface area contributed by atoms with Gasteiger partial charge >= 0.3 is 5.97 Å². The predicted molar refractivity (Wildman–Crippen MR) is 113 cm³/mol. The van der Waals surface area contributed by atoms with Crippen molar-refractivity contribution in [3.8, 4) is 0 Å². The molecule has 0 atom stereocenters. The Morgan fingerprint density at radius 3 is 2.52 bits per heavy atom. The number of carbonyl (C=O) groups is 2. The maximum absolute atomic E-state index is 12.7. The summed E-state index contributed by atoms with van der Waals surface area (Å²) >= 11 is 6.09. The minimum atomic E-state index is -1.05. The molecule has 0 unspecified atom stereocenters. The van der Waals surface area contributed by atoms with E-state index in [1.165, 1.54) is 6.07 Å². The topological polar surface area (TPSA) is 64.1 Å². The molecule has 1 fully saturated rings. The van der Waals surface area contributed by atoms with Crippen LogP contribution in [0.25, 0.3) is 0 Å². The van der Waals surface area contributed by atoms with Crippen molar-refractivity contribution < 1.29 is 14.7 Å². The zero-order valence-electron chi connectivity index (χ0n) is 16.2. The number of piperazine rings is 1. The average molecular weight is 414 g/mol. The van der Waals surface area contributed by atoms with Gasteiger partial charge in [-0.25, -0.2) is 4.79 Å². The van der Waals surface area contributed by atoms with E-state index in [1.54, 1.807) is 11.0 Å². The van der Waals surface area contributed by atoms with Crippen molar-refractivity contribution in [3.05, 3.63) is 64.2 Å². The van der Waals surface area contributed by atoms with E-state index in [4.69, 9.17) is 11.6 Å². The van der Waals surface area contributed by atoms with Gasteiger partial charge in [0, 0.05) is 50.0 Å². The number of halogens is 1. The van der Waals surface area contributed by atoms with Gasteiger partial charge in [-0.3, -0.25) is 9.69 Å². The Hall–Kier alpha value is -2.57. The first kappa shape index (κ1) is 19.7. The minimum Gasteiger partial charge on any atom is -0.478 e. The number of amides is 1. The number of fused-ring (bicyclic) bond motifs is 1. The van der Waals surface area contributed by atoms with Crippen LogP contribution in [-0.4, -0.2) is 66.1 Å². The first-order chi connectivity index (χ1) is 14.0. The number of carboxylic acids is 1. The van der Waals surface area contributed by atoms with Crippen LogP contribution in [0.15, 0.2) is 42.5 Å². The fourth-order valence-corrected chi connectivity index (χ4v) is 4.35. The zero-order valence-corrected chi connectivity index (χ0v) is 16.9. The Balaban J connectivity index is 1.26. The second kappa shape index (κ2) is 8.43. The molecule has 2 aliphatic rings. The van der Waals surface area contributed by atoms with Crippen molar-refractivity contribution in [2.45, 2.75) is 13.0 Å². The molecule has 1 saturated heterocycles. The van der Waals surface area contributed by atoms with Crippen molar-refractivity contribution in [2.24, 2.45) is 0 Å².